The summed E-state index contributed by atoms with van der Waals surface area (Å²) in [5.74, 6) is -0.595. The Morgan fingerprint density at radius 1 is 1.16 bits per heavy atom. The largest absolute Gasteiger partial charge is 0.418 e. The predicted octanol–water partition coefficient (Wildman–Crippen LogP) is 5.48. The van der Waals surface area contributed by atoms with Gasteiger partial charge in [0.15, 0.2) is 5.16 Å². The van der Waals surface area contributed by atoms with E-state index in [0.29, 0.717) is 11.7 Å². The molecule has 32 heavy (non-hydrogen) atoms. The molecule has 1 aliphatic heterocycles. The van der Waals surface area contributed by atoms with Crippen molar-refractivity contribution in [2.45, 2.75) is 36.8 Å². The molecule has 2 aromatic carbocycles. The van der Waals surface area contributed by atoms with Crippen molar-refractivity contribution >= 4 is 23.4 Å². The first-order valence-electron chi connectivity index (χ1n) is 10.2. The Morgan fingerprint density at radius 2 is 1.91 bits per heavy atom. The molecule has 1 N–H and O–H groups in total. The second kappa shape index (κ2) is 9.79. The lowest BCUT2D eigenvalue weighted by Crippen LogP contribution is -2.19. The summed E-state index contributed by atoms with van der Waals surface area (Å²) in [6.45, 7) is 1.33. The van der Waals surface area contributed by atoms with Gasteiger partial charge < -0.3 is 14.6 Å². The minimum absolute atomic E-state index is 0.0665. The number of carbonyl (C=O) groups excluding carboxylic acids is 1. The fraction of sp³-hybridized carbons (Fsp3) is 0.304. The Balaban J connectivity index is 1.49. The van der Waals surface area contributed by atoms with Crippen LogP contribution >= 0.6 is 11.8 Å². The maximum absolute atomic E-state index is 13.2. The number of anilines is 1. The molecule has 168 valence electrons. The van der Waals surface area contributed by atoms with Gasteiger partial charge in [0.2, 0.25) is 5.91 Å². The highest BCUT2D eigenvalue weighted by Crippen LogP contribution is 2.35. The number of ether oxygens (including phenoxy) is 1. The average Bonchev–Trinajstić information content (AvgIpc) is 3.43. The third kappa shape index (κ3) is 5.34. The van der Waals surface area contributed by atoms with E-state index in [9.17, 15) is 18.0 Å². The number of thioether (sulfide) groups is 1. The molecule has 1 saturated heterocycles. The number of halogens is 3. The van der Waals surface area contributed by atoms with Crippen LogP contribution in [-0.4, -0.2) is 33.9 Å². The van der Waals surface area contributed by atoms with Crippen molar-refractivity contribution in [1.82, 2.24) is 9.55 Å². The summed E-state index contributed by atoms with van der Waals surface area (Å²) in [6, 6.07) is 14.7. The lowest BCUT2D eigenvalue weighted by Gasteiger charge is -2.16. The molecular weight excluding hydrogens is 439 g/mol. The maximum atomic E-state index is 13.2. The maximum Gasteiger partial charge on any atom is 0.418 e. The molecule has 0 aliphatic carbocycles. The van der Waals surface area contributed by atoms with Crippen LogP contribution in [0.1, 0.15) is 18.4 Å². The monoisotopic (exact) mass is 461 g/mol. The number of carbonyl (C=O) groups is 1. The lowest BCUT2D eigenvalue weighted by molar-refractivity contribution is -0.137. The second-order valence-electron chi connectivity index (χ2n) is 7.42. The predicted molar refractivity (Wildman–Crippen MR) is 117 cm³/mol. The average molecular weight is 462 g/mol. The van der Waals surface area contributed by atoms with Crippen molar-refractivity contribution in [3.63, 3.8) is 0 Å². The van der Waals surface area contributed by atoms with Crippen LogP contribution in [0.25, 0.3) is 11.3 Å². The van der Waals surface area contributed by atoms with Crippen molar-refractivity contribution in [2.24, 2.45) is 0 Å². The van der Waals surface area contributed by atoms with Gasteiger partial charge >= 0.3 is 6.18 Å². The van der Waals surface area contributed by atoms with Gasteiger partial charge in [-0.25, -0.2) is 4.98 Å². The SMILES string of the molecule is O=C(CSc1ncc(-c2ccccc2)n1CC1CCCO1)Nc1ccccc1C(F)(F)F. The number of nitrogens with one attached hydrogen (secondary N) is 1. The molecule has 2 heterocycles. The molecular formula is C23H22F3N3O2S. The van der Waals surface area contributed by atoms with Crippen molar-refractivity contribution < 1.29 is 22.7 Å². The third-order valence-electron chi connectivity index (χ3n) is 5.14. The van der Waals surface area contributed by atoms with Gasteiger partial charge in [0, 0.05) is 6.61 Å². The number of rotatable bonds is 7. The van der Waals surface area contributed by atoms with Crippen molar-refractivity contribution in [3.8, 4) is 11.3 Å². The van der Waals surface area contributed by atoms with Crippen LogP contribution < -0.4 is 5.32 Å². The van der Waals surface area contributed by atoms with Gasteiger partial charge in [-0.3, -0.25) is 4.79 Å². The molecule has 0 spiro atoms. The Labute approximate surface area is 188 Å². The molecule has 0 saturated carbocycles. The number of aromatic nitrogens is 2. The molecule has 1 aromatic heterocycles. The van der Waals surface area contributed by atoms with E-state index in [0.717, 1.165) is 36.8 Å². The van der Waals surface area contributed by atoms with E-state index >= 15 is 0 Å². The molecule has 3 aromatic rings. The smallest absolute Gasteiger partial charge is 0.376 e. The molecule has 5 nitrogen and oxygen atoms in total. The molecule has 1 atom stereocenters. The molecule has 0 bridgehead atoms. The van der Waals surface area contributed by atoms with E-state index in [-0.39, 0.29) is 17.5 Å². The molecule has 1 amide bonds. The Hall–Kier alpha value is -2.78. The fourth-order valence-corrected chi connectivity index (χ4v) is 4.43. The standard InChI is InChI=1S/C23H22F3N3O2S/c24-23(25,26)18-10-4-5-11-19(18)28-21(30)15-32-22-27-13-20(16-7-2-1-3-8-16)29(22)14-17-9-6-12-31-17/h1-5,7-8,10-11,13,17H,6,9,12,14-15H2,(H,28,30). The minimum atomic E-state index is -4.54. The number of para-hydroxylation sites is 1. The fourth-order valence-electron chi connectivity index (χ4n) is 3.64. The Morgan fingerprint density at radius 3 is 2.62 bits per heavy atom. The molecule has 4 rings (SSSR count). The van der Waals surface area contributed by atoms with Gasteiger partial charge in [-0.05, 0) is 30.5 Å². The first-order valence-corrected chi connectivity index (χ1v) is 11.2. The van der Waals surface area contributed by atoms with Crippen molar-refractivity contribution in [3.05, 3.63) is 66.4 Å². The van der Waals surface area contributed by atoms with Crippen molar-refractivity contribution in [1.29, 1.82) is 0 Å². The first kappa shape index (κ1) is 22.4. The van der Waals surface area contributed by atoms with E-state index in [1.165, 1.54) is 30.0 Å². The summed E-state index contributed by atoms with van der Waals surface area (Å²) in [5.41, 5.74) is 0.780. The van der Waals surface area contributed by atoms with E-state index in [1.54, 1.807) is 6.20 Å². The van der Waals surface area contributed by atoms with Crippen LogP contribution in [0.2, 0.25) is 0 Å². The number of imidazole rings is 1. The van der Waals surface area contributed by atoms with Crippen LogP contribution in [0.3, 0.4) is 0 Å². The molecule has 1 unspecified atom stereocenters. The number of alkyl halides is 3. The Bertz CT molecular complexity index is 1060. The van der Waals surface area contributed by atoms with Gasteiger partial charge in [-0.15, -0.1) is 0 Å². The summed E-state index contributed by atoms with van der Waals surface area (Å²) in [5, 5.41) is 3.00. The van der Waals surface area contributed by atoms with Crippen LogP contribution in [0, 0.1) is 0 Å². The summed E-state index contributed by atoms with van der Waals surface area (Å²) < 4.78 is 47.3. The zero-order valence-corrected chi connectivity index (χ0v) is 18.0. The van der Waals surface area contributed by atoms with Crippen LogP contribution in [0.5, 0.6) is 0 Å². The van der Waals surface area contributed by atoms with E-state index < -0.39 is 17.6 Å². The summed E-state index contributed by atoms with van der Waals surface area (Å²) in [6.07, 6.45) is -0.768. The highest BCUT2D eigenvalue weighted by atomic mass is 32.2. The van der Waals surface area contributed by atoms with E-state index in [1.807, 2.05) is 34.9 Å². The van der Waals surface area contributed by atoms with Gasteiger partial charge in [0.05, 0.1) is 41.5 Å². The van der Waals surface area contributed by atoms with Gasteiger partial charge in [-0.1, -0.05) is 54.2 Å². The quantitative estimate of drug-likeness (QED) is 0.474. The second-order valence-corrected chi connectivity index (χ2v) is 8.36. The topological polar surface area (TPSA) is 56.2 Å². The normalized spacial score (nSPS) is 16.3. The highest BCUT2D eigenvalue weighted by molar-refractivity contribution is 7.99. The lowest BCUT2D eigenvalue weighted by atomic mass is 10.1. The summed E-state index contributed by atoms with van der Waals surface area (Å²) >= 11 is 1.19. The number of nitrogens with zero attached hydrogens (tertiary/aromatic N) is 2. The van der Waals surface area contributed by atoms with Crippen LogP contribution in [0.15, 0.2) is 66.0 Å². The van der Waals surface area contributed by atoms with Crippen molar-refractivity contribution in [2.75, 3.05) is 17.7 Å². The number of benzene rings is 2. The molecule has 9 heteroatoms. The Kier molecular flexibility index (Phi) is 6.86. The zero-order valence-electron chi connectivity index (χ0n) is 17.1. The zero-order chi connectivity index (χ0) is 22.6. The molecule has 0 radical (unpaired) electrons. The van der Waals surface area contributed by atoms with Gasteiger partial charge in [-0.2, -0.15) is 13.2 Å². The number of amides is 1. The van der Waals surface area contributed by atoms with Crippen LogP contribution in [0.4, 0.5) is 18.9 Å². The number of hydrogen-bond acceptors (Lipinski definition) is 4. The third-order valence-corrected chi connectivity index (χ3v) is 6.13. The van der Waals surface area contributed by atoms with E-state index in [4.69, 9.17) is 4.74 Å². The molecule has 1 aliphatic rings. The first-order chi connectivity index (χ1) is 15.4. The van der Waals surface area contributed by atoms with E-state index in [2.05, 4.69) is 10.3 Å². The minimum Gasteiger partial charge on any atom is -0.376 e. The van der Waals surface area contributed by atoms with Crippen LogP contribution in [-0.2, 0) is 22.3 Å². The van der Waals surface area contributed by atoms with Gasteiger partial charge in [0.1, 0.15) is 0 Å². The molecule has 1 fully saturated rings. The number of hydrogen-bond donors (Lipinski definition) is 1. The summed E-state index contributed by atoms with van der Waals surface area (Å²) in [7, 11) is 0. The highest BCUT2D eigenvalue weighted by Gasteiger charge is 2.33. The van der Waals surface area contributed by atoms with Gasteiger partial charge in [0.25, 0.3) is 0 Å². The summed E-state index contributed by atoms with van der Waals surface area (Å²) in [4.78, 5) is 16.9.